The first-order chi connectivity index (χ1) is 8.75. The van der Waals surface area contributed by atoms with Gasteiger partial charge in [0, 0.05) is 33.8 Å². The van der Waals surface area contributed by atoms with Crippen LogP contribution in [0, 0.1) is 0 Å². The summed E-state index contributed by atoms with van der Waals surface area (Å²) in [4.78, 5) is 8.49. The average molecular weight is 256 g/mol. The van der Waals surface area contributed by atoms with Crippen LogP contribution in [0.5, 0.6) is 0 Å². The summed E-state index contributed by atoms with van der Waals surface area (Å²) in [6.07, 6.45) is 3.48. The Kier molecular flexibility index (Phi) is 2.61. The van der Waals surface area contributed by atoms with E-state index in [1.54, 1.807) is 12.4 Å². The van der Waals surface area contributed by atoms with Gasteiger partial charge in [-0.3, -0.25) is 4.98 Å². The van der Waals surface area contributed by atoms with Crippen LogP contribution in [-0.2, 0) is 0 Å². The first kappa shape index (κ1) is 11.0. The van der Waals surface area contributed by atoms with Crippen LogP contribution < -0.4 is 5.73 Å². The van der Waals surface area contributed by atoms with Gasteiger partial charge in [-0.05, 0) is 18.2 Å². The lowest BCUT2D eigenvalue weighted by molar-refractivity contribution is 1.32. The number of nitrogen functional groups attached to an aromatic ring is 1. The summed E-state index contributed by atoms with van der Waals surface area (Å²) < 4.78 is 0. The average Bonchev–Trinajstić information content (AvgIpc) is 2.39. The molecule has 3 rings (SSSR count). The third-order valence-electron chi connectivity index (χ3n) is 2.81. The van der Waals surface area contributed by atoms with Gasteiger partial charge in [-0.25, -0.2) is 4.98 Å². The van der Waals surface area contributed by atoms with E-state index in [0.717, 1.165) is 22.0 Å². The Morgan fingerprint density at radius 3 is 2.78 bits per heavy atom. The second-order valence-electron chi connectivity index (χ2n) is 3.97. The Morgan fingerprint density at radius 1 is 1.11 bits per heavy atom. The van der Waals surface area contributed by atoms with E-state index >= 15 is 0 Å². The van der Waals surface area contributed by atoms with Gasteiger partial charge in [-0.2, -0.15) is 0 Å². The highest BCUT2D eigenvalue weighted by molar-refractivity contribution is 6.33. The number of fused-ring (bicyclic) bond motifs is 1. The zero-order valence-electron chi connectivity index (χ0n) is 9.47. The van der Waals surface area contributed by atoms with E-state index in [-0.39, 0.29) is 0 Å². The molecule has 4 heteroatoms. The largest absolute Gasteiger partial charge is 0.383 e. The molecule has 0 radical (unpaired) electrons. The molecule has 0 aliphatic rings. The molecule has 88 valence electrons. The van der Waals surface area contributed by atoms with Gasteiger partial charge in [0.2, 0.25) is 0 Å². The molecule has 0 aliphatic heterocycles. The van der Waals surface area contributed by atoms with Gasteiger partial charge < -0.3 is 5.73 Å². The maximum atomic E-state index is 6.17. The maximum Gasteiger partial charge on any atom is 0.132 e. The molecule has 0 amide bonds. The van der Waals surface area contributed by atoms with Crippen molar-refractivity contribution in [3.05, 3.63) is 53.8 Å². The number of anilines is 1. The summed E-state index contributed by atoms with van der Waals surface area (Å²) in [7, 11) is 0. The van der Waals surface area contributed by atoms with Crippen LogP contribution in [-0.4, -0.2) is 9.97 Å². The summed E-state index contributed by atoms with van der Waals surface area (Å²) >= 11 is 6.17. The summed E-state index contributed by atoms with van der Waals surface area (Å²) in [5.41, 5.74) is 7.60. The molecule has 2 aromatic heterocycles. The number of nitrogens with two attached hydrogens (primary N) is 1. The molecule has 0 unspecified atom stereocenters. The van der Waals surface area contributed by atoms with Crippen molar-refractivity contribution in [3.8, 4) is 11.3 Å². The molecule has 0 saturated heterocycles. The van der Waals surface area contributed by atoms with Gasteiger partial charge in [-0.1, -0.05) is 29.8 Å². The number of aromatic nitrogens is 2. The number of benzene rings is 1. The Balaban J connectivity index is 2.28. The molecular formula is C14H10ClN3. The molecule has 3 nitrogen and oxygen atoms in total. The van der Waals surface area contributed by atoms with Gasteiger partial charge in [0.15, 0.2) is 0 Å². The lowest BCUT2D eigenvalue weighted by Crippen LogP contribution is -1.95. The minimum Gasteiger partial charge on any atom is -0.383 e. The van der Waals surface area contributed by atoms with Crippen molar-refractivity contribution in [1.29, 1.82) is 0 Å². The number of hydrogen-bond acceptors (Lipinski definition) is 3. The fraction of sp³-hybridized carbons (Fsp3) is 0. The predicted molar refractivity (Wildman–Crippen MR) is 74.4 cm³/mol. The van der Waals surface area contributed by atoms with Gasteiger partial charge in [0.25, 0.3) is 0 Å². The smallest absolute Gasteiger partial charge is 0.132 e. The normalized spacial score (nSPS) is 10.7. The van der Waals surface area contributed by atoms with Crippen LogP contribution in [0.15, 0.2) is 48.8 Å². The van der Waals surface area contributed by atoms with Crippen LogP contribution in [0.3, 0.4) is 0 Å². The molecule has 2 N–H and O–H groups in total. The zero-order chi connectivity index (χ0) is 12.5. The number of pyridine rings is 2. The summed E-state index contributed by atoms with van der Waals surface area (Å²) in [5.74, 6) is 0.491. The summed E-state index contributed by atoms with van der Waals surface area (Å²) in [6.45, 7) is 0. The number of halogens is 1. The van der Waals surface area contributed by atoms with E-state index in [1.807, 2.05) is 36.4 Å². The maximum absolute atomic E-state index is 6.17. The minimum absolute atomic E-state index is 0.491. The van der Waals surface area contributed by atoms with Crippen molar-refractivity contribution >= 4 is 28.2 Å². The molecular weight excluding hydrogens is 246 g/mol. The third-order valence-corrected chi connectivity index (χ3v) is 3.14. The lowest BCUT2D eigenvalue weighted by Gasteiger charge is -2.07. The van der Waals surface area contributed by atoms with E-state index in [2.05, 4.69) is 9.97 Å². The van der Waals surface area contributed by atoms with E-state index in [1.165, 1.54) is 0 Å². The lowest BCUT2D eigenvalue weighted by atomic mass is 10.1. The molecule has 1 aromatic carbocycles. The second kappa shape index (κ2) is 4.27. The highest BCUT2D eigenvalue weighted by Crippen LogP contribution is 2.29. The first-order valence-electron chi connectivity index (χ1n) is 5.51. The van der Waals surface area contributed by atoms with Crippen LogP contribution in [0.1, 0.15) is 0 Å². The number of rotatable bonds is 1. The van der Waals surface area contributed by atoms with Crippen molar-refractivity contribution < 1.29 is 0 Å². The van der Waals surface area contributed by atoms with Gasteiger partial charge in [0.1, 0.15) is 5.82 Å². The monoisotopic (exact) mass is 255 g/mol. The van der Waals surface area contributed by atoms with E-state index < -0.39 is 0 Å². The third kappa shape index (κ3) is 1.79. The highest BCUT2D eigenvalue weighted by Gasteiger charge is 2.07. The van der Waals surface area contributed by atoms with Crippen molar-refractivity contribution in [1.82, 2.24) is 9.97 Å². The molecule has 0 aliphatic carbocycles. The van der Waals surface area contributed by atoms with Crippen molar-refractivity contribution in [2.45, 2.75) is 0 Å². The molecule has 0 spiro atoms. The molecule has 0 atom stereocenters. The first-order valence-corrected chi connectivity index (χ1v) is 5.88. The van der Waals surface area contributed by atoms with Crippen molar-refractivity contribution in [2.75, 3.05) is 5.73 Å². The van der Waals surface area contributed by atoms with E-state index in [4.69, 9.17) is 17.3 Å². The van der Waals surface area contributed by atoms with Crippen LogP contribution in [0.4, 0.5) is 5.82 Å². The quantitative estimate of drug-likeness (QED) is 0.724. The fourth-order valence-electron chi connectivity index (χ4n) is 1.93. The number of nitrogens with zero attached hydrogens (tertiary/aromatic N) is 2. The minimum atomic E-state index is 0.491. The van der Waals surface area contributed by atoms with Gasteiger partial charge in [0.05, 0.1) is 5.69 Å². The predicted octanol–water partition coefficient (Wildman–Crippen LogP) is 3.53. The molecule has 18 heavy (non-hydrogen) atoms. The van der Waals surface area contributed by atoms with Crippen LogP contribution in [0.25, 0.3) is 22.0 Å². The molecule has 0 saturated carbocycles. The molecule has 0 fully saturated rings. The Bertz CT molecular complexity index is 725. The zero-order valence-corrected chi connectivity index (χ0v) is 10.2. The van der Waals surface area contributed by atoms with Crippen molar-refractivity contribution in [2.24, 2.45) is 0 Å². The SMILES string of the molecule is Nc1nc(-c2ccccc2Cl)cc2cnccc12. The van der Waals surface area contributed by atoms with Gasteiger partial charge >= 0.3 is 0 Å². The van der Waals surface area contributed by atoms with E-state index in [9.17, 15) is 0 Å². The van der Waals surface area contributed by atoms with Crippen LogP contribution >= 0.6 is 11.6 Å². The fourth-order valence-corrected chi connectivity index (χ4v) is 2.16. The Morgan fingerprint density at radius 2 is 1.94 bits per heavy atom. The Hall–Kier alpha value is -2.13. The molecule has 2 heterocycles. The van der Waals surface area contributed by atoms with Gasteiger partial charge in [-0.15, -0.1) is 0 Å². The molecule has 3 aromatic rings. The second-order valence-corrected chi connectivity index (χ2v) is 4.38. The number of hydrogen-bond donors (Lipinski definition) is 1. The topological polar surface area (TPSA) is 51.8 Å². The van der Waals surface area contributed by atoms with Crippen molar-refractivity contribution in [3.63, 3.8) is 0 Å². The summed E-state index contributed by atoms with van der Waals surface area (Å²) in [5, 5.41) is 2.52. The van der Waals surface area contributed by atoms with E-state index in [0.29, 0.717) is 10.8 Å². The standard InChI is InChI=1S/C14H10ClN3/c15-12-4-2-1-3-11(12)13-7-9-8-17-6-5-10(9)14(16)18-13/h1-8H,(H2,16,18). The Labute approximate surface area is 109 Å². The highest BCUT2D eigenvalue weighted by atomic mass is 35.5. The summed E-state index contributed by atoms with van der Waals surface area (Å²) in [6, 6.07) is 11.4. The molecule has 0 bridgehead atoms. The van der Waals surface area contributed by atoms with Crippen LogP contribution in [0.2, 0.25) is 5.02 Å².